The van der Waals surface area contributed by atoms with Crippen molar-refractivity contribution in [2.75, 3.05) is 15.7 Å². The third-order valence-corrected chi connectivity index (χ3v) is 5.75. The molecule has 5 nitrogen and oxygen atoms in total. The smallest absolute Gasteiger partial charge is 0.264 e. The summed E-state index contributed by atoms with van der Waals surface area (Å²) in [5.74, 6) is -0.0956. The van der Waals surface area contributed by atoms with Gasteiger partial charge in [-0.2, -0.15) is 0 Å². The fourth-order valence-electron chi connectivity index (χ4n) is 2.96. The second-order valence-corrected chi connectivity index (χ2v) is 7.44. The van der Waals surface area contributed by atoms with Crippen LogP contribution in [0.1, 0.15) is 13.8 Å². The topological polar surface area (TPSA) is 57.7 Å². The first kappa shape index (κ1) is 15.6. The van der Waals surface area contributed by atoms with Crippen molar-refractivity contribution in [3.05, 3.63) is 54.6 Å². The number of rotatable bonds is 2. The van der Waals surface area contributed by atoms with Crippen molar-refractivity contribution in [3.8, 4) is 0 Å². The molecular weight excluding hydrogens is 312 g/mol. The molecule has 120 valence electrons. The van der Waals surface area contributed by atoms with Gasteiger partial charge >= 0.3 is 0 Å². The number of sulfonamides is 1. The van der Waals surface area contributed by atoms with Gasteiger partial charge in [-0.05, 0) is 31.2 Å². The van der Waals surface area contributed by atoms with Gasteiger partial charge in [-0.1, -0.05) is 30.3 Å². The zero-order chi connectivity index (χ0) is 16.6. The molecule has 2 aromatic carbocycles. The SMILES string of the molecule is CC(=O)N1c2ccccc2N(S(=O)(=O)c2ccccc2)C[C@@H]1C. The number of carbonyl (C=O) groups is 1. The Hall–Kier alpha value is -2.34. The maximum Gasteiger partial charge on any atom is 0.264 e. The number of benzene rings is 2. The highest BCUT2D eigenvalue weighted by Gasteiger charge is 2.36. The molecule has 0 aromatic heterocycles. The molecular formula is C17H18N2O3S. The van der Waals surface area contributed by atoms with Crippen molar-refractivity contribution in [3.63, 3.8) is 0 Å². The van der Waals surface area contributed by atoms with E-state index in [0.717, 1.165) is 0 Å². The quantitative estimate of drug-likeness (QED) is 0.850. The lowest BCUT2D eigenvalue weighted by atomic mass is 10.1. The van der Waals surface area contributed by atoms with Crippen LogP contribution in [0, 0.1) is 0 Å². The van der Waals surface area contributed by atoms with Gasteiger partial charge in [0.2, 0.25) is 5.91 Å². The zero-order valence-electron chi connectivity index (χ0n) is 13.0. The zero-order valence-corrected chi connectivity index (χ0v) is 13.8. The third-order valence-electron chi connectivity index (χ3n) is 3.95. The van der Waals surface area contributed by atoms with Crippen molar-refractivity contribution in [1.29, 1.82) is 0 Å². The molecule has 1 aliphatic heterocycles. The lowest BCUT2D eigenvalue weighted by molar-refractivity contribution is -0.117. The highest BCUT2D eigenvalue weighted by Crippen LogP contribution is 2.38. The van der Waals surface area contributed by atoms with Gasteiger partial charge in [0.25, 0.3) is 10.0 Å². The van der Waals surface area contributed by atoms with E-state index in [9.17, 15) is 13.2 Å². The summed E-state index contributed by atoms with van der Waals surface area (Å²) >= 11 is 0. The minimum atomic E-state index is -3.66. The molecule has 0 bridgehead atoms. The van der Waals surface area contributed by atoms with Crippen LogP contribution in [0.4, 0.5) is 11.4 Å². The molecule has 1 aliphatic rings. The Morgan fingerprint density at radius 3 is 2.17 bits per heavy atom. The Morgan fingerprint density at radius 1 is 1.00 bits per heavy atom. The fraction of sp³-hybridized carbons (Fsp3) is 0.235. The van der Waals surface area contributed by atoms with E-state index >= 15 is 0 Å². The molecule has 1 atom stereocenters. The van der Waals surface area contributed by atoms with E-state index in [4.69, 9.17) is 0 Å². The fourth-order valence-corrected chi connectivity index (χ4v) is 4.54. The summed E-state index contributed by atoms with van der Waals surface area (Å²) in [6.45, 7) is 3.58. The third kappa shape index (κ3) is 2.59. The van der Waals surface area contributed by atoms with Crippen LogP contribution in [0.3, 0.4) is 0 Å². The van der Waals surface area contributed by atoms with Crippen LogP contribution in [-0.4, -0.2) is 26.9 Å². The molecule has 0 saturated carbocycles. The monoisotopic (exact) mass is 330 g/mol. The molecule has 0 unspecified atom stereocenters. The summed E-state index contributed by atoms with van der Waals surface area (Å²) in [6, 6.07) is 15.2. The van der Waals surface area contributed by atoms with Gasteiger partial charge in [-0.3, -0.25) is 9.10 Å². The van der Waals surface area contributed by atoms with E-state index < -0.39 is 10.0 Å². The predicted molar refractivity (Wildman–Crippen MR) is 90.0 cm³/mol. The van der Waals surface area contributed by atoms with Crippen LogP contribution in [0.15, 0.2) is 59.5 Å². The molecule has 0 fully saturated rings. The molecule has 3 rings (SSSR count). The van der Waals surface area contributed by atoms with Gasteiger partial charge in [0.05, 0.1) is 28.9 Å². The van der Waals surface area contributed by atoms with Crippen molar-refractivity contribution < 1.29 is 13.2 Å². The van der Waals surface area contributed by atoms with Crippen LogP contribution in [0.5, 0.6) is 0 Å². The average molecular weight is 330 g/mol. The minimum Gasteiger partial charge on any atom is -0.306 e. The number of para-hydroxylation sites is 2. The molecule has 0 radical (unpaired) electrons. The van der Waals surface area contributed by atoms with Gasteiger partial charge in [0.1, 0.15) is 0 Å². The molecule has 0 N–H and O–H groups in total. The summed E-state index contributed by atoms with van der Waals surface area (Å²) in [4.78, 5) is 13.8. The molecule has 6 heteroatoms. The molecule has 1 amide bonds. The van der Waals surface area contributed by atoms with Gasteiger partial charge in [0.15, 0.2) is 0 Å². The van der Waals surface area contributed by atoms with E-state index in [1.54, 1.807) is 59.5 Å². The van der Waals surface area contributed by atoms with Crippen molar-refractivity contribution in [1.82, 2.24) is 0 Å². The number of anilines is 2. The normalized spacial score (nSPS) is 17.7. The summed E-state index contributed by atoms with van der Waals surface area (Å²) in [5.41, 5.74) is 1.16. The largest absolute Gasteiger partial charge is 0.306 e. The van der Waals surface area contributed by atoms with Crippen molar-refractivity contribution in [2.24, 2.45) is 0 Å². The van der Waals surface area contributed by atoms with Crippen LogP contribution in [0.25, 0.3) is 0 Å². The minimum absolute atomic E-state index is 0.0956. The van der Waals surface area contributed by atoms with Gasteiger partial charge in [0, 0.05) is 6.92 Å². The number of amides is 1. The second-order valence-electron chi connectivity index (χ2n) is 5.58. The van der Waals surface area contributed by atoms with Crippen LogP contribution < -0.4 is 9.21 Å². The highest BCUT2D eigenvalue weighted by molar-refractivity contribution is 7.92. The summed E-state index contributed by atoms with van der Waals surface area (Å²) < 4.78 is 27.4. The maximum atomic E-state index is 13.0. The number of fused-ring (bicyclic) bond motifs is 1. The Labute approximate surface area is 136 Å². The van der Waals surface area contributed by atoms with Crippen LogP contribution >= 0.6 is 0 Å². The van der Waals surface area contributed by atoms with Crippen molar-refractivity contribution in [2.45, 2.75) is 24.8 Å². The molecule has 2 aromatic rings. The standard InChI is InChI=1S/C17H18N2O3S/c1-13-12-18(23(21,22)15-8-4-3-5-9-15)16-10-6-7-11-17(16)19(13)14(2)20/h3-11,13H,12H2,1-2H3/t13-/m0/s1. The van der Waals surface area contributed by atoms with Gasteiger partial charge < -0.3 is 4.90 Å². The Bertz CT molecular complexity index is 834. The van der Waals surface area contributed by atoms with E-state index in [1.165, 1.54) is 11.2 Å². The van der Waals surface area contributed by atoms with E-state index in [-0.39, 0.29) is 23.4 Å². The number of carbonyl (C=O) groups excluding carboxylic acids is 1. The van der Waals surface area contributed by atoms with Gasteiger partial charge in [-0.25, -0.2) is 8.42 Å². The molecule has 0 aliphatic carbocycles. The first-order valence-electron chi connectivity index (χ1n) is 7.39. The number of hydrogen-bond acceptors (Lipinski definition) is 3. The highest BCUT2D eigenvalue weighted by atomic mass is 32.2. The maximum absolute atomic E-state index is 13.0. The van der Waals surface area contributed by atoms with Gasteiger partial charge in [-0.15, -0.1) is 0 Å². The Balaban J connectivity index is 2.15. The average Bonchev–Trinajstić information content (AvgIpc) is 2.54. The molecule has 0 saturated heterocycles. The molecule has 1 heterocycles. The van der Waals surface area contributed by atoms with Crippen LogP contribution in [-0.2, 0) is 14.8 Å². The number of nitrogens with zero attached hydrogens (tertiary/aromatic N) is 2. The van der Waals surface area contributed by atoms with E-state index in [1.807, 2.05) is 6.92 Å². The summed E-state index contributed by atoms with van der Waals surface area (Å²) in [7, 11) is -3.66. The lowest BCUT2D eigenvalue weighted by Gasteiger charge is -2.40. The van der Waals surface area contributed by atoms with Crippen molar-refractivity contribution >= 4 is 27.3 Å². The van der Waals surface area contributed by atoms with E-state index in [2.05, 4.69) is 0 Å². The molecule has 0 spiro atoms. The lowest BCUT2D eigenvalue weighted by Crippen LogP contribution is -2.51. The molecule has 23 heavy (non-hydrogen) atoms. The predicted octanol–water partition coefficient (Wildman–Crippen LogP) is 2.64. The Morgan fingerprint density at radius 2 is 1.57 bits per heavy atom. The summed E-state index contributed by atoms with van der Waals surface area (Å²) in [5, 5.41) is 0. The number of hydrogen-bond donors (Lipinski definition) is 0. The Kier molecular flexibility index (Phi) is 3.85. The first-order valence-corrected chi connectivity index (χ1v) is 8.83. The van der Waals surface area contributed by atoms with Crippen LogP contribution in [0.2, 0.25) is 0 Å². The second kappa shape index (κ2) is 5.70. The summed E-state index contributed by atoms with van der Waals surface area (Å²) in [6.07, 6.45) is 0. The van der Waals surface area contributed by atoms with E-state index in [0.29, 0.717) is 11.4 Å². The first-order chi connectivity index (χ1) is 10.9.